The first-order valence-corrected chi connectivity index (χ1v) is 11.8. The molecule has 2 aromatic carbocycles. The molecule has 5 nitrogen and oxygen atoms in total. The molecule has 4 rings (SSSR count). The fraction of sp³-hybridized carbons (Fsp3) is 0.346. The molecule has 166 valence electrons. The molecule has 1 aliphatic heterocycles. The highest BCUT2D eigenvalue weighted by molar-refractivity contribution is 7.80. The summed E-state index contributed by atoms with van der Waals surface area (Å²) in [5.41, 5.74) is 5.42. The SMILES string of the molecule is CCCCCN1C(=S)NC(c2ccc(CC)cc2)C(c2nc(-c3ccccc3)no2)=C1C. The van der Waals surface area contributed by atoms with E-state index in [1.165, 1.54) is 18.4 Å². The van der Waals surface area contributed by atoms with Crippen LogP contribution in [0.1, 0.15) is 63.1 Å². The highest BCUT2D eigenvalue weighted by Crippen LogP contribution is 2.37. The van der Waals surface area contributed by atoms with E-state index in [0.717, 1.165) is 46.9 Å². The van der Waals surface area contributed by atoms with E-state index in [1.807, 2.05) is 30.3 Å². The second-order valence-corrected chi connectivity index (χ2v) is 8.51. The summed E-state index contributed by atoms with van der Waals surface area (Å²) in [4.78, 5) is 6.94. The molecular weight excluding hydrogens is 416 g/mol. The fourth-order valence-electron chi connectivity index (χ4n) is 4.08. The molecule has 0 amide bonds. The molecule has 6 heteroatoms. The molecule has 0 saturated heterocycles. The van der Waals surface area contributed by atoms with Crippen molar-refractivity contribution in [2.75, 3.05) is 6.54 Å². The van der Waals surface area contributed by atoms with Crippen molar-refractivity contribution in [3.63, 3.8) is 0 Å². The van der Waals surface area contributed by atoms with Gasteiger partial charge in [0.25, 0.3) is 5.89 Å². The summed E-state index contributed by atoms with van der Waals surface area (Å²) in [6.07, 6.45) is 4.42. The van der Waals surface area contributed by atoms with Gasteiger partial charge in [0.1, 0.15) is 0 Å². The smallest absolute Gasteiger partial charge is 0.258 e. The van der Waals surface area contributed by atoms with Crippen molar-refractivity contribution >= 4 is 22.9 Å². The first-order chi connectivity index (χ1) is 15.6. The second kappa shape index (κ2) is 10.1. The molecule has 0 saturated carbocycles. The predicted molar refractivity (Wildman–Crippen MR) is 133 cm³/mol. The lowest BCUT2D eigenvalue weighted by atomic mass is 9.93. The van der Waals surface area contributed by atoms with Gasteiger partial charge in [-0.25, -0.2) is 0 Å². The van der Waals surface area contributed by atoms with Crippen molar-refractivity contribution < 1.29 is 4.52 Å². The lowest BCUT2D eigenvalue weighted by molar-refractivity contribution is 0.395. The maximum Gasteiger partial charge on any atom is 0.258 e. The number of aryl methyl sites for hydroxylation is 1. The number of aromatic nitrogens is 2. The molecule has 3 aromatic rings. The zero-order valence-electron chi connectivity index (χ0n) is 19.0. The van der Waals surface area contributed by atoms with Crippen LogP contribution in [-0.4, -0.2) is 26.7 Å². The monoisotopic (exact) mass is 446 g/mol. The Balaban J connectivity index is 1.76. The van der Waals surface area contributed by atoms with E-state index < -0.39 is 0 Å². The standard InChI is InChI=1S/C26H30N4OS/c1-4-6-10-17-30-18(3)22(25-28-24(29-31-25)21-11-8-7-9-12-21)23(27-26(30)32)20-15-13-19(5-2)14-16-20/h7-9,11-16,23H,4-6,10,17H2,1-3H3,(H,27,32). The van der Waals surface area contributed by atoms with Crippen molar-refractivity contribution in [3.8, 4) is 11.4 Å². The molecule has 32 heavy (non-hydrogen) atoms. The molecule has 1 aliphatic rings. The zero-order valence-corrected chi connectivity index (χ0v) is 19.8. The minimum atomic E-state index is -0.139. The molecule has 1 atom stereocenters. The van der Waals surface area contributed by atoms with Crippen molar-refractivity contribution in [2.45, 2.75) is 52.5 Å². The number of benzene rings is 2. The molecule has 0 bridgehead atoms. The summed E-state index contributed by atoms with van der Waals surface area (Å²) in [6.45, 7) is 7.35. The Morgan fingerprint density at radius 3 is 2.47 bits per heavy atom. The fourth-order valence-corrected chi connectivity index (χ4v) is 4.43. The minimum Gasteiger partial charge on any atom is -0.351 e. The number of thiocarbonyl (C=S) groups is 1. The quantitative estimate of drug-likeness (QED) is 0.331. The van der Waals surface area contributed by atoms with E-state index in [2.05, 4.69) is 60.4 Å². The van der Waals surface area contributed by atoms with Crippen LogP contribution >= 0.6 is 12.2 Å². The van der Waals surface area contributed by atoms with Gasteiger partial charge in [0, 0.05) is 17.8 Å². The topological polar surface area (TPSA) is 54.2 Å². The molecular formula is C26H30N4OS. The van der Waals surface area contributed by atoms with Crippen LogP contribution in [0.15, 0.2) is 64.8 Å². The van der Waals surface area contributed by atoms with Crippen LogP contribution in [0.4, 0.5) is 0 Å². The number of unbranched alkanes of at least 4 members (excludes halogenated alkanes) is 2. The second-order valence-electron chi connectivity index (χ2n) is 8.12. The van der Waals surface area contributed by atoms with Gasteiger partial charge in [0.2, 0.25) is 5.82 Å². The van der Waals surface area contributed by atoms with Crippen LogP contribution in [0.3, 0.4) is 0 Å². The Bertz CT molecular complexity index is 1090. The summed E-state index contributed by atoms with van der Waals surface area (Å²) in [6, 6.07) is 18.4. The molecule has 0 spiro atoms. The van der Waals surface area contributed by atoms with Gasteiger partial charge in [-0.05, 0) is 43.1 Å². The summed E-state index contributed by atoms with van der Waals surface area (Å²) in [5.74, 6) is 1.12. The molecule has 0 radical (unpaired) electrons. The Labute approximate surface area is 195 Å². The zero-order chi connectivity index (χ0) is 22.5. The average Bonchev–Trinajstić information content (AvgIpc) is 3.31. The lowest BCUT2D eigenvalue weighted by Crippen LogP contribution is -2.46. The van der Waals surface area contributed by atoms with E-state index in [1.54, 1.807) is 0 Å². The molecule has 2 heterocycles. The third kappa shape index (κ3) is 4.60. The van der Waals surface area contributed by atoms with E-state index >= 15 is 0 Å². The minimum absolute atomic E-state index is 0.139. The first-order valence-electron chi connectivity index (χ1n) is 11.4. The van der Waals surface area contributed by atoms with Crippen molar-refractivity contribution in [2.24, 2.45) is 0 Å². The number of hydrogen-bond acceptors (Lipinski definition) is 4. The van der Waals surface area contributed by atoms with E-state index in [9.17, 15) is 0 Å². The number of hydrogen-bond donors (Lipinski definition) is 1. The van der Waals surface area contributed by atoms with Gasteiger partial charge in [-0.2, -0.15) is 4.98 Å². The largest absolute Gasteiger partial charge is 0.351 e. The normalized spacial score (nSPS) is 16.4. The van der Waals surface area contributed by atoms with Crippen LogP contribution in [0.2, 0.25) is 0 Å². The van der Waals surface area contributed by atoms with Gasteiger partial charge in [-0.1, -0.05) is 86.4 Å². The van der Waals surface area contributed by atoms with E-state index in [0.29, 0.717) is 11.7 Å². The van der Waals surface area contributed by atoms with Crippen molar-refractivity contribution in [1.29, 1.82) is 0 Å². The lowest BCUT2D eigenvalue weighted by Gasteiger charge is -2.37. The van der Waals surface area contributed by atoms with Gasteiger partial charge in [-0.3, -0.25) is 0 Å². The maximum absolute atomic E-state index is 5.81. The number of nitrogens with zero attached hydrogens (tertiary/aromatic N) is 3. The van der Waals surface area contributed by atoms with E-state index in [-0.39, 0.29) is 6.04 Å². The molecule has 1 aromatic heterocycles. The summed E-state index contributed by atoms with van der Waals surface area (Å²) < 4.78 is 5.81. The van der Waals surface area contributed by atoms with Gasteiger partial charge >= 0.3 is 0 Å². The third-order valence-corrected chi connectivity index (χ3v) is 6.33. The highest BCUT2D eigenvalue weighted by atomic mass is 32.1. The Morgan fingerprint density at radius 1 is 1.03 bits per heavy atom. The molecule has 0 aliphatic carbocycles. The van der Waals surface area contributed by atoms with Crippen LogP contribution in [0.25, 0.3) is 17.0 Å². The van der Waals surface area contributed by atoms with Crippen molar-refractivity contribution in [1.82, 2.24) is 20.4 Å². The van der Waals surface area contributed by atoms with Gasteiger partial charge in [-0.15, -0.1) is 0 Å². The Kier molecular flexibility index (Phi) is 7.00. The van der Waals surface area contributed by atoms with Gasteiger partial charge in [0.15, 0.2) is 5.11 Å². The molecule has 1 unspecified atom stereocenters. The Hall–Kier alpha value is -2.99. The molecule has 1 N–H and O–H groups in total. The Morgan fingerprint density at radius 2 is 1.78 bits per heavy atom. The maximum atomic E-state index is 5.81. The predicted octanol–water partition coefficient (Wildman–Crippen LogP) is 6.15. The molecule has 0 fully saturated rings. The van der Waals surface area contributed by atoms with Crippen LogP contribution in [-0.2, 0) is 6.42 Å². The highest BCUT2D eigenvalue weighted by Gasteiger charge is 2.33. The number of rotatable bonds is 8. The van der Waals surface area contributed by atoms with Crippen molar-refractivity contribution in [3.05, 3.63) is 77.3 Å². The number of nitrogens with one attached hydrogen (secondary N) is 1. The third-order valence-electron chi connectivity index (χ3n) is 5.99. The number of allylic oxidation sites excluding steroid dienone is 1. The first kappa shape index (κ1) is 22.2. The van der Waals surface area contributed by atoms with Gasteiger partial charge in [0.05, 0.1) is 11.6 Å². The summed E-state index contributed by atoms with van der Waals surface area (Å²) in [5, 5.41) is 8.56. The van der Waals surface area contributed by atoms with Crippen LogP contribution in [0.5, 0.6) is 0 Å². The average molecular weight is 447 g/mol. The van der Waals surface area contributed by atoms with E-state index in [4.69, 9.17) is 21.7 Å². The van der Waals surface area contributed by atoms with Gasteiger partial charge < -0.3 is 14.7 Å². The van der Waals surface area contributed by atoms with Crippen LogP contribution < -0.4 is 5.32 Å². The summed E-state index contributed by atoms with van der Waals surface area (Å²) in [7, 11) is 0. The summed E-state index contributed by atoms with van der Waals surface area (Å²) >= 11 is 5.78. The van der Waals surface area contributed by atoms with Crippen LogP contribution in [0, 0.1) is 0 Å².